The van der Waals surface area contributed by atoms with Crippen molar-refractivity contribution in [2.45, 2.75) is 42.9 Å². The molecule has 2 aromatic carbocycles. The average Bonchev–Trinajstić information content (AvgIpc) is 2.90. The van der Waals surface area contributed by atoms with E-state index >= 15 is 0 Å². The minimum Gasteiger partial charge on any atom is -0.354 e. The standard InChI is InChI=1S/C27H34N4O3S/c1-30-15-17-31(18-16-30)35(33,34)26-13-11-22(12-14-26)21-7-9-23(10-8-21)25(19-28)20-29-27(32)24-5-3-2-4-6-24/h7-14,24-25H,2-6,15-18,20H2,1H3,(H,29,32)/t25-/m0/s1. The average molecular weight is 495 g/mol. The fourth-order valence-corrected chi connectivity index (χ4v) is 6.28. The number of hydrogen-bond donors (Lipinski definition) is 1. The van der Waals surface area contributed by atoms with Gasteiger partial charge in [-0.15, -0.1) is 0 Å². The summed E-state index contributed by atoms with van der Waals surface area (Å²) in [6, 6.07) is 17.0. The predicted octanol–water partition coefficient (Wildman–Crippen LogP) is 3.59. The Morgan fingerprint density at radius 2 is 1.54 bits per heavy atom. The van der Waals surface area contributed by atoms with Crippen LogP contribution in [0, 0.1) is 17.2 Å². The lowest BCUT2D eigenvalue weighted by atomic mass is 9.88. The Hall–Kier alpha value is -2.73. The maximum Gasteiger partial charge on any atom is 0.243 e. The Morgan fingerprint density at radius 1 is 0.971 bits per heavy atom. The fraction of sp³-hybridized carbons (Fsp3) is 0.481. The van der Waals surface area contributed by atoms with E-state index in [9.17, 15) is 18.5 Å². The normalized spacial score (nSPS) is 19.1. The molecule has 0 aromatic heterocycles. The second kappa shape index (κ2) is 11.3. The molecule has 0 bridgehead atoms. The lowest BCUT2D eigenvalue weighted by Gasteiger charge is -2.31. The molecule has 1 amide bonds. The summed E-state index contributed by atoms with van der Waals surface area (Å²) in [5, 5.41) is 12.6. The number of amides is 1. The van der Waals surface area contributed by atoms with Gasteiger partial charge in [-0.1, -0.05) is 55.7 Å². The molecule has 2 fully saturated rings. The maximum atomic E-state index is 13.0. The molecule has 2 aromatic rings. The summed E-state index contributed by atoms with van der Waals surface area (Å²) < 4.78 is 27.5. The van der Waals surface area contributed by atoms with Gasteiger partial charge in [0.2, 0.25) is 15.9 Å². The van der Waals surface area contributed by atoms with Crippen molar-refractivity contribution < 1.29 is 13.2 Å². The molecule has 1 heterocycles. The molecule has 1 atom stereocenters. The van der Waals surface area contributed by atoms with E-state index in [1.54, 1.807) is 16.4 Å². The molecule has 1 aliphatic heterocycles. The van der Waals surface area contributed by atoms with E-state index in [0.29, 0.717) is 24.5 Å². The molecule has 4 rings (SSSR count). The SMILES string of the molecule is CN1CCN(S(=O)(=O)c2ccc(-c3ccc([C@@H](C#N)CNC(=O)C4CCCCC4)cc3)cc2)CC1. The topological polar surface area (TPSA) is 93.5 Å². The van der Waals surface area contributed by atoms with Gasteiger partial charge < -0.3 is 10.2 Å². The van der Waals surface area contributed by atoms with Crippen LogP contribution in [0.5, 0.6) is 0 Å². The van der Waals surface area contributed by atoms with E-state index < -0.39 is 15.9 Å². The third kappa shape index (κ3) is 6.10. The number of nitrogens with zero attached hydrogens (tertiary/aromatic N) is 3. The predicted molar refractivity (Wildman–Crippen MR) is 136 cm³/mol. The van der Waals surface area contributed by atoms with Crippen LogP contribution >= 0.6 is 0 Å². The molecular formula is C27H34N4O3S. The zero-order valence-electron chi connectivity index (χ0n) is 20.3. The van der Waals surface area contributed by atoms with Crippen molar-refractivity contribution in [1.29, 1.82) is 5.26 Å². The van der Waals surface area contributed by atoms with E-state index in [-0.39, 0.29) is 11.8 Å². The lowest BCUT2D eigenvalue weighted by Crippen LogP contribution is -2.46. The van der Waals surface area contributed by atoms with Crippen molar-refractivity contribution in [2.75, 3.05) is 39.8 Å². The van der Waals surface area contributed by atoms with Gasteiger partial charge in [-0.25, -0.2) is 8.42 Å². The first-order chi connectivity index (χ1) is 16.9. The highest BCUT2D eigenvalue weighted by Crippen LogP contribution is 2.26. The summed E-state index contributed by atoms with van der Waals surface area (Å²) in [5.41, 5.74) is 2.71. The van der Waals surface area contributed by atoms with Crippen molar-refractivity contribution in [3.63, 3.8) is 0 Å². The van der Waals surface area contributed by atoms with Crippen molar-refractivity contribution in [2.24, 2.45) is 5.92 Å². The van der Waals surface area contributed by atoms with Crippen molar-refractivity contribution in [3.8, 4) is 17.2 Å². The smallest absolute Gasteiger partial charge is 0.243 e. The minimum absolute atomic E-state index is 0.0631. The van der Waals surface area contributed by atoms with Crippen LogP contribution in [0.15, 0.2) is 53.4 Å². The van der Waals surface area contributed by atoms with Crippen LogP contribution in [0.25, 0.3) is 11.1 Å². The van der Waals surface area contributed by atoms with Gasteiger partial charge >= 0.3 is 0 Å². The molecule has 1 saturated carbocycles. The van der Waals surface area contributed by atoms with Gasteiger partial charge in [0.15, 0.2) is 0 Å². The van der Waals surface area contributed by atoms with E-state index in [0.717, 1.165) is 55.5 Å². The molecule has 2 aliphatic rings. The second-order valence-corrected chi connectivity index (χ2v) is 11.6. The van der Waals surface area contributed by atoms with Crippen LogP contribution < -0.4 is 5.32 Å². The summed E-state index contributed by atoms with van der Waals surface area (Å²) in [6.07, 6.45) is 5.28. The van der Waals surface area contributed by atoms with Gasteiger partial charge in [0, 0.05) is 38.6 Å². The number of hydrogen-bond acceptors (Lipinski definition) is 5. The molecule has 7 nitrogen and oxygen atoms in total. The summed E-state index contributed by atoms with van der Waals surface area (Å²) in [7, 11) is -1.49. The third-order valence-corrected chi connectivity index (χ3v) is 9.13. The van der Waals surface area contributed by atoms with Crippen molar-refractivity contribution >= 4 is 15.9 Å². The van der Waals surface area contributed by atoms with Crippen LogP contribution in [-0.4, -0.2) is 63.3 Å². The highest BCUT2D eigenvalue weighted by Gasteiger charge is 2.27. The zero-order valence-corrected chi connectivity index (χ0v) is 21.1. The second-order valence-electron chi connectivity index (χ2n) is 9.62. The Balaban J connectivity index is 1.38. The Kier molecular flexibility index (Phi) is 8.22. The number of sulfonamides is 1. The molecule has 1 saturated heterocycles. The first kappa shape index (κ1) is 25.4. The van der Waals surface area contributed by atoms with Crippen LogP contribution in [0.2, 0.25) is 0 Å². The first-order valence-corrected chi connectivity index (χ1v) is 13.9. The number of nitrogens with one attached hydrogen (secondary N) is 1. The number of carbonyl (C=O) groups excluding carboxylic acids is 1. The number of likely N-dealkylation sites (N-methyl/N-ethyl adjacent to an activating group) is 1. The molecule has 0 radical (unpaired) electrons. The van der Waals surface area contributed by atoms with Gasteiger partial charge in [0.25, 0.3) is 0 Å². The van der Waals surface area contributed by atoms with E-state index in [1.807, 2.05) is 43.4 Å². The summed E-state index contributed by atoms with van der Waals surface area (Å²) in [5.74, 6) is -0.269. The molecule has 35 heavy (non-hydrogen) atoms. The van der Waals surface area contributed by atoms with Gasteiger partial charge in [-0.2, -0.15) is 9.57 Å². The summed E-state index contributed by atoms with van der Waals surface area (Å²) >= 11 is 0. The van der Waals surface area contributed by atoms with Gasteiger partial charge in [-0.05, 0) is 48.7 Å². The molecule has 1 aliphatic carbocycles. The van der Waals surface area contributed by atoms with Crippen molar-refractivity contribution in [3.05, 3.63) is 54.1 Å². The van der Waals surface area contributed by atoms with E-state index in [4.69, 9.17) is 0 Å². The largest absolute Gasteiger partial charge is 0.354 e. The Labute approximate surface area is 208 Å². The maximum absolute atomic E-state index is 13.0. The monoisotopic (exact) mass is 494 g/mol. The number of benzene rings is 2. The van der Waals surface area contributed by atoms with Crippen LogP contribution in [0.4, 0.5) is 0 Å². The van der Waals surface area contributed by atoms with Crippen LogP contribution in [0.3, 0.4) is 0 Å². The fourth-order valence-electron chi connectivity index (χ4n) is 4.85. The van der Waals surface area contributed by atoms with Crippen LogP contribution in [0.1, 0.15) is 43.6 Å². The molecule has 0 unspecified atom stereocenters. The van der Waals surface area contributed by atoms with Crippen molar-refractivity contribution in [1.82, 2.24) is 14.5 Å². The lowest BCUT2D eigenvalue weighted by molar-refractivity contribution is -0.125. The quantitative estimate of drug-likeness (QED) is 0.635. The van der Waals surface area contributed by atoms with E-state index in [2.05, 4.69) is 16.3 Å². The molecule has 8 heteroatoms. The van der Waals surface area contributed by atoms with E-state index in [1.165, 1.54) is 6.42 Å². The molecule has 186 valence electrons. The Bertz CT molecular complexity index is 1140. The first-order valence-electron chi connectivity index (χ1n) is 12.4. The summed E-state index contributed by atoms with van der Waals surface area (Å²) in [4.78, 5) is 14.9. The minimum atomic E-state index is -3.49. The number of rotatable bonds is 7. The molecule has 0 spiro atoms. The van der Waals surface area contributed by atoms with Crippen LogP contribution in [-0.2, 0) is 14.8 Å². The highest BCUT2D eigenvalue weighted by atomic mass is 32.2. The summed E-state index contributed by atoms with van der Waals surface area (Å²) in [6.45, 7) is 2.78. The number of nitriles is 1. The van der Waals surface area contributed by atoms with Gasteiger partial charge in [-0.3, -0.25) is 4.79 Å². The zero-order chi connectivity index (χ0) is 24.8. The number of piperazine rings is 1. The van der Waals surface area contributed by atoms with Gasteiger partial charge in [0.1, 0.15) is 0 Å². The third-order valence-electron chi connectivity index (χ3n) is 7.21. The highest BCUT2D eigenvalue weighted by molar-refractivity contribution is 7.89. The Morgan fingerprint density at radius 3 is 2.11 bits per heavy atom. The number of carbonyl (C=O) groups is 1. The molecular weight excluding hydrogens is 460 g/mol. The van der Waals surface area contributed by atoms with Gasteiger partial charge in [0.05, 0.1) is 16.9 Å². The molecule has 1 N–H and O–H groups in total.